The molecule has 7 heavy (non-hydrogen) atoms. The summed E-state index contributed by atoms with van der Waals surface area (Å²) in [5, 5.41) is 0. The second-order valence-corrected chi connectivity index (χ2v) is 1.72. The van der Waals surface area contributed by atoms with Gasteiger partial charge in [-0.15, -0.1) is 0 Å². The third-order valence-electron chi connectivity index (χ3n) is 0.440. The van der Waals surface area contributed by atoms with E-state index in [9.17, 15) is 4.79 Å². The molecule has 0 rings (SSSR count). The maximum Gasteiger partial charge on any atom is 0.218 e. The van der Waals surface area contributed by atoms with Crippen LogP contribution in [0.5, 0.6) is 0 Å². The first-order chi connectivity index (χ1) is 3.27. The number of carbonyl (C=O) groups excluding carboxylic acids is 1. The average molecular weight is 121 g/mol. The maximum absolute atomic E-state index is 9.86. The minimum Gasteiger partial charge on any atom is -0.370 e. The molecule has 0 aromatic rings. The predicted octanol–water partition coefficient (Wildman–Crippen LogP) is 0.0680. The summed E-state index contributed by atoms with van der Waals surface area (Å²) in [4.78, 5) is 9.86. The van der Waals surface area contributed by atoms with Crippen molar-refractivity contribution < 1.29 is 9.35 Å². The first-order valence-corrected chi connectivity index (χ1v) is 2.76. The second-order valence-electron chi connectivity index (χ2n) is 1.05. The number of nitrogens with two attached hydrogens (primary N) is 1. The molecular formula is C3H7NO2S. The van der Waals surface area contributed by atoms with Crippen LogP contribution in [-0.2, 0) is 4.79 Å². The number of primary amides is 1. The van der Waals surface area contributed by atoms with Crippen molar-refractivity contribution in [1.82, 2.24) is 0 Å². The van der Waals surface area contributed by atoms with Gasteiger partial charge in [0, 0.05) is 12.2 Å². The van der Waals surface area contributed by atoms with E-state index in [1.807, 2.05) is 0 Å². The van der Waals surface area contributed by atoms with Gasteiger partial charge in [-0.3, -0.25) is 4.79 Å². The van der Waals surface area contributed by atoms with Crippen LogP contribution >= 0.6 is 12.0 Å². The van der Waals surface area contributed by atoms with E-state index in [1.165, 1.54) is 0 Å². The standard InChI is InChI=1S/C3H7NO2S/c4-3(5)1-2-7-6/h6H,1-2H2,(H2,4,5). The first kappa shape index (κ1) is 6.78. The van der Waals surface area contributed by atoms with Gasteiger partial charge in [-0.2, -0.15) is 0 Å². The van der Waals surface area contributed by atoms with Crippen molar-refractivity contribution in [2.75, 3.05) is 5.75 Å². The molecule has 0 aliphatic heterocycles. The highest BCUT2D eigenvalue weighted by Gasteiger charge is 1.89. The molecule has 0 unspecified atom stereocenters. The summed E-state index contributed by atoms with van der Waals surface area (Å²) in [6, 6.07) is 0. The van der Waals surface area contributed by atoms with Gasteiger partial charge in [0.1, 0.15) is 0 Å². The summed E-state index contributed by atoms with van der Waals surface area (Å²) < 4.78 is 8.02. The van der Waals surface area contributed by atoms with Gasteiger partial charge in [0.05, 0.1) is 0 Å². The lowest BCUT2D eigenvalue weighted by molar-refractivity contribution is -0.117. The molecule has 0 atom stereocenters. The van der Waals surface area contributed by atoms with Crippen LogP contribution in [0.3, 0.4) is 0 Å². The average Bonchev–Trinajstić information content (AvgIpc) is 1.61. The predicted molar refractivity (Wildman–Crippen MR) is 28.9 cm³/mol. The Morgan fingerprint density at radius 2 is 2.43 bits per heavy atom. The Bertz CT molecular complexity index is 66.0. The molecule has 1 amide bonds. The van der Waals surface area contributed by atoms with E-state index in [0.29, 0.717) is 17.8 Å². The third-order valence-corrected chi connectivity index (χ3v) is 0.826. The largest absolute Gasteiger partial charge is 0.370 e. The minimum absolute atomic E-state index is 0.251. The summed E-state index contributed by atoms with van der Waals surface area (Å²) >= 11 is 0.629. The Hall–Kier alpha value is -0.220. The van der Waals surface area contributed by atoms with Crippen LogP contribution in [0.15, 0.2) is 0 Å². The van der Waals surface area contributed by atoms with Gasteiger partial charge in [-0.05, 0) is 12.0 Å². The van der Waals surface area contributed by atoms with Crippen molar-refractivity contribution in [2.45, 2.75) is 6.42 Å². The van der Waals surface area contributed by atoms with E-state index in [-0.39, 0.29) is 12.3 Å². The van der Waals surface area contributed by atoms with Crippen molar-refractivity contribution >= 4 is 17.9 Å². The lowest BCUT2D eigenvalue weighted by Gasteiger charge is -1.85. The van der Waals surface area contributed by atoms with Crippen LogP contribution in [0, 0.1) is 0 Å². The topological polar surface area (TPSA) is 63.3 Å². The molecular weight excluding hydrogens is 114 g/mol. The summed E-state index contributed by atoms with van der Waals surface area (Å²) in [5.41, 5.74) is 4.72. The molecule has 0 saturated carbocycles. The van der Waals surface area contributed by atoms with Gasteiger partial charge < -0.3 is 10.3 Å². The first-order valence-electron chi connectivity index (χ1n) is 1.82. The summed E-state index contributed by atoms with van der Waals surface area (Å²) in [6.45, 7) is 0. The molecule has 0 aromatic carbocycles. The van der Waals surface area contributed by atoms with Crippen LogP contribution in [0.1, 0.15) is 6.42 Å². The van der Waals surface area contributed by atoms with Gasteiger partial charge in [0.25, 0.3) is 0 Å². The van der Waals surface area contributed by atoms with Crippen molar-refractivity contribution in [3.8, 4) is 0 Å². The zero-order chi connectivity index (χ0) is 5.70. The van der Waals surface area contributed by atoms with Crippen molar-refractivity contribution in [2.24, 2.45) is 5.73 Å². The summed E-state index contributed by atoms with van der Waals surface area (Å²) in [6.07, 6.45) is 0.251. The lowest BCUT2D eigenvalue weighted by Crippen LogP contribution is -2.10. The highest BCUT2D eigenvalue weighted by atomic mass is 32.2. The van der Waals surface area contributed by atoms with Crippen molar-refractivity contribution in [3.05, 3.63) is 0 Å². The van der Waals surface area contributed by atoms with Gasteiger partial charge in [-0.25, -0.2) is 0 Å². The zero-order valence-corrected chi connectivity index (χ0v) is 4.57. The Kier molecular flexibility index (Phi) is 3.83. The van der Waals surface area contributed by atoms with Crippen molar-refractivity contribution in [3.63, 3.8) is 0 Å². The molecule has 0 aromatic heterocycles. The molecule has 4 heteroatoms. The molecule has 0 heterocycles. The number of hydrogen-bond donors (Lipinski definition) is 2. The third kappa shape index (κ3) is 5.78. The van der Waals surface area contributed by atoms with Crippen LogP contribution in [0.4, 0.5) is 0 Å². The molecule has 0 bridgehead atoms. The highest BCUT2D eigenvalue weighted by molar-refractivity contribution is 7.93. The zero-order valence-electron chi connectivity index (χ0n) is 3.76. The molecule has 0 saturated heterocycles. The van der Waals surface area contributed by atoms with Gasteiger partial charge >= 0.3 is 0 Å². The smallest absolute Gasteiger partial charge is 0.218 e. The van der Waals surface area contributed by atoms with Gasteiger partial charge in [0.2, 0.25) is 5.91 Å². The van der Waals surface area contributed by atoms with Crippen LogP contribution < -0.4 is 5.73 Å². The SMILES string of the molecule is NC(=O)CCSO. The molecule has 0 aliphatic rings. The summed E-state index contributed by atoms with van der Waals surface area (Å²) in [5.74, 6) is 0.0246. The maximum atomic E-state index is 9.86. The second kappa shape index (κ2) is 3.95. The number of rotatable bonds is 3. The van der Waals surface area contributed by atoms with Crippen LogP contribution in [0.2, 0.25) is 0 Å². The Labute approximate surface area is 46.1 Å². The van der Waals surface area contributed by atoms with Crippen LogP contribution in [-0.4, -0.2) is 16.2 Å². The Morgan fingerprint density at radius 1 is 1.86 bits per heavy atom. The highest BCUT2D eigenvalue weighted by Crippen LogP contribution is 1.91. The summed E-state index contributed by atoms with van der Waals surface area (Å²) in [7, 11) is 0. The minimum atomic E-state index is -0.374. The quantitative estimate of drug-likeness (QED) is 0.519. The molecule has 0 radical (unpaired) electrons. The molecule has 0 aliphatic carbocycles. The van der Waals surface area contributed by atoms with Crippen molar-refractivity contribution in [1.29, 1.82) is 0 Å². The van der Waals surface area contributed by atoms with E-state index in [4.69, 9.17) is 10.3 Å². The fourth-order valence-corrected chi connectivity index (χ4v) is 0.439. The number of carbonyl (C=O) groups is 1. The van der Waals surface area contributed by atoms with Gasteiger partial charge in [-0.1, -0.05) is 0 Å². The molecule has 0 spiro atoms. The van der Waals surface area contributed by atoms with E-state index in [1.54, 1.807) is 0 Å². The van der Waals surface area contributed by atoms with E-state index in [0.717, 1.165) is 0 Å². The fourth-order valence-electron chi connectivity index (χ4n) is 0.146. The number of amides is 1. The van der Waals surface area contributed by atoms with E-state index >= 15 is 0 Å². The van der Waals surface area contributed by atoms with Crippen LogP contribution in [0.25, 0.3) is 0 Å². The van der Waals surface area contributed by atoms with E-state index in [2.05, 4.69) is 0 Å². The molecule has 3 nitrogen and oxygen atoms in total. The lowest BCUT2D eigenvalue weighted by atomic mass is 10.5. The van der Waals surface area contributed by atoms with Gasteiger partial charge in [0.15, 0.2) is 0 Å². The monoisotopic (exact) mass is 121 g/mol. The number of hydrogen-bond acceptors (Lipinski definition) is 3. The Balaban J connectivity index is 2.82. The molecule has 42 valence electrons. The molecule has 3 N–H and O–H groups in total. The Morgan fingerprint density at radius 3 is 2.57 bits per heavy atom. The fraction of sp³-hybridized carbons (Fsp3) is 0.667. The molecule has 0 fully saturated rings. The normalized spacial score (nSPS) is 8.71. The van der Waals surface area contributed by atoms with E-state index < -0.39 is 0 Å².